The first-order chi connectivity index (χ1) is 10.2. The van der Waals surface area contributed by atoms with E-state index in [0.29, 0.717) is 12.0 Å². The lowest BCUT2D eigenvalue weighted by atomic mass is 9.71. The summed E-state index contributed by atoms with van der Waals surface area (Å²) in [5.74, 6) is 0.677. The van der Waals surface area contributed by atoms with Gasteiger partial charge in [-0.3, -0.25) is 0 Å². The zero-order valence-corrected chi connectivity index (χ0v) is 13.8. The fraction of sp³-hybridized carbons (Fsp3) is 0.700. The van der Waals surface area contributed by atoms with Gasteiger partial charge in [0.05, 0.1) is 0 Å². The summed E-state index contributed by atoms with van der Waals surface area (Å²) in [7, 11) is 0. The molecule has 2 saturated carbocycles. The van der Waals surface area contributed by atoms with E-state index in [2.05, 4.69) is 43.4 Å². The van der Waals surface area contributed by atoms with Crippen LogP contribution in [0.5, 0.6) is 0 Å². The molecule has 1 nitrogen and oxygen atoms in total. The summed E-state index contributed by atoms with van der Waals surface area (Å²) in [5.41, 5.74) is 3.53. The molecule has 1 heteroatoms. The molecule has 0 radical (unpaired) electrons. The fourth-order valence-electron chi connectivity index (χ4n) is 4.38. The Bertz CT molecular complexity index is 431. The van der Waals surface area contributed by atoms with Crippen LogP contribution in [0.1, 0.15) is 83.1 Å². The molecule has 2 fully saturated rings. The minimum Gasteiger partial charge on any atom is -0.382 e. The van der Waals surface area contributed by atoms with E-state index in [1.165, 1.54) is 69.0 Å². The van der Waals surface area contributed by atoms with E-state index in [1.54, 1.807) is 0 Å². The smallest absolute Gasteiger partial charge is 0.0342 e. The van der Waals surface area contributed by atoms with Crippen LogP contribution in [0.15, 0.2) is 24.3 Å². The van der Waals surface area contributed by atoms with Gasteiger partial charge in [0.25, 0.3) is 0 Å². The van der Waals surface area contributed by atoms with Crippen LogP contribution in [0.4, 0.5) is 5.69 Å². The van der Waals surface area contributed by atoms with Crippen molar-refractivity contribution in [1.82, 2.24) is 0 Å². The molecular formula is C20H31N. The summed E-state index contributed by atoms with van der Waals surface area (Å²) in [6.45, 7) is 4.57. The first kappa shape index (κ1) is 14.9. The van der Waals surface area contributed by atoms with Crippen molar-refractivity contribution in [2.75, 3.05) is 5.32 Å². The van der Waals surface area contributed by atoms with E-state index < -0.39 is 0 Å². The van der Waals surface area contributed by atoms with Crippen molar-refractivity contribution in [2.45, 2.75) is 83.6 Å². The maximum Gasteiger partial charge on any atom is 0.0342 e. The summed E-state index contributed by atoms with van der Waals surface area (Å²) >= 11 is 0. The Kier molecular flexibility index (Phi) is 4.57. The zero-order chi connectivity index (χ0) is 14.7. The number of hydrogen-bond donors (Lipinski definition) is 1. The normalized spacial score (nSPS) is 23.3. The first-order valence-corrected chi connectivity index (χ1v) is 9.07. The predicted molar refractivity (Wildman–Crippen MR) is 91.9 cm³/mol. The monoisotopic (exact) mass is 285 g/mol. The maximum atomic E-state index is 3.77. The Morgan fingerprint density at radius 1 is 1.05 bits per heavy atom. The van der Waals surface area contributed by atoms with Crippen molar-refractivity contribution in [3.05, 3.63) is 29.8 Å². The second kappa shape index (κ2) is 6.42. The van der Waals surface area contributed by atoms with Crippen LogP contribution in [-0.4, -0.2) is 6.04 Å². The molecule has 1 N–H and O–H groups in total. The number of benzene rings is 1. The topological polar surface area (TPSA) is 12.0 Å². The third kappa shape index (κ3) is 3.44. The van der Waals surface area contributed by atoms with Gasteiger partial charge >= 0.3 is 0 Å². The number of rotatable bonds is 4. The molecule has 21 heavy (non-hydrogen) atoms. The summed E-state index contributed by atoms with van der Waals surface area (Å²) in [6, 6.07) is 9.86. The lowest BCUT2D eigenvalue weighted by Crippen LogP contribution is -2.31. The second-order valence-electron chi connectivity index (χ2n) is 7.56. The van der Waals surface area contributed by atoms with Crippen LogP contribution in [0.25, 0.3) is 0 Å². The molecule has 2 aliphatic carbocycles. The highest BCUT2D eigenvalue weighted by Crippen LogP contribution is 2.49. The highest BCUT2D eigenvalue weighted by Gasteiger charge is 2.37. The molecule has 0 amide bonds. The van der Waals surface area contributed by atoms with Gasteiger partial charge in [-0.15, -0.1) is 0 Å². The molecule has 2 aliphatic rings. The van der Waals surface area contributed by atoms with Gasteiger partial charge < -0.3 is 5.32 Å². The second-order valence-corrected chi connectivity index (χ2v) is 7.56. The van der Waals surface area contributed by atoms with Crippen LogP contribution in [0.3, 0.4) is 0 Å². The summed E-state index contributed by atoms with van der Waals surface area (Å²) in [5, 5.41) is 3.77. The number of nitrogens with one attached hydrogen (secondary N) is 1. The summed E-state index contributed by atoms with van der Waals surface area (Å²) in [6.07, 6.45) is 12.8. The van der Waals surface area contributed by atoms with Gasteiger partial charge in [-0.1, -0.05) is 38.8 Å². The van der Waals surface area contributed by atoms with Crippen LogP contribution in [0, 0.1) is 5.41 Å². The lowest BCUT2D eigenvalue weighted by molar-refractivity contribution is 0.188. The molecule has 3 rings (SSSR count). The predicted octanol–water partition coefficient (Wildman–Crippen LogP) is 6.12. The summed E-state index contributed by atoms with van der Waals surface area (Å²) in [4.78, 5) is 0. The van der Waals surface area contributed by atoms with Crippen LogP contribution in [0.2, 0.25) is 0 Å². The van der Waals surface area contributed by atoms with Gasteiger partial charge in [0.15, 0.2) is 0 Å². The molecule has 0 aromatic heterocycles. The minimum atomic E-state index is 0.677. The number of hydrogen-bond acceptors (Lipinski definition) is 1. The lowest BCUT2D eigenvalue weighted by Gasteiger charge is -2.37. The largest absolute Gasteiger partial charge is 0.382 e. The van der Waals surface area contributed by atoms with E-state index in [-0.39, 0.29) is 0 Å². The first-order valence-electron chi connectivity index (χ1n) is 9.07. The highest BCUT2D eigenvalue weighted by atomic mass is 14.9. The SMILES string of the molecule is CCC(C)c1ccc(NC2CCC3(CCCC3)CC2)cc1. The molecule has 116 valence electrons. The average molecular weight is 285 g/mol. The Labute approximate surface area is 130 Å². The van der Waals surface area contributed by atoms with E-state index in [4.69, 9.17) is 0 Å². The highest BCUT2D eigenvalue weighted by molar-refractivity contribution is 5.46. The van der Waals surface area contributed by atoms with Gasteiger partial charge in [-0.25, -0.2) is 0 Å². The van der Waals surface area contributed by atoms with Crippen molar-refractivity contribution in [2.24, 2.45) is 5.41 Å². The van der Waals surface area contributed by atoms with Gasteiger partial charge in [0.2, 0.25) is 0 Å². The van der Waals surface area contributed by atoms with Crippen LogP contribution < -0.4 is 5.32 Å². The van der Waals surface area contributed by atoms with E-state index in [1.807, 2.05) is 0 Å². The van der Waals surface area contributed by atoms with Crippen molar-refractivity contribution in [1.29, 1.82) is 0 Å². The Morgan fingerprint density at radius 3 is 2.24 bits per heavy atom. The zero-order valence-electron chi connectivity index (χ0n) is 13.8. The standard InChI is InChI=1S/C20H31N/c1-3-16(2)17-6-8-18(9-7-17)21-19-10-14-20(15-11-19)12-4-5-13-20/h6-9,16,19,21H,3-5,10-15H2,1-2H3. The minimum absolute atomic E-state index is 0.677. The Morgan fingerprint density at radius 2 is 1.67 bits per heavy atom. The van der Waals surface area contributed by atoms with E-state index in [9.17, 15) is 0 Å². The molecule has 1 atom stereocenters. The van der Waals surface area contributed by atoms with Crippen molar-refractivity contribution >= 4 is 5.69 Å². The van der Waals surface area contributed by atoms with Gasteiger partial charge in [-0.05, 0) is 74.0 Å². The third-order valence-corrected chi connectivity index (χ3v) is 6.17. The van der Waals surface area contributed by atoms with E-state index in [0.717, 1.165) is 5.41 Å². The van der Waals surface area contributed by atoms with Gasteiger partial charge in [-0.2, -0.15) is 0 Å². The molecule has 0 aliphatic heterocycles. The Hall–Kier alpha value is -0.980. The van der Waals surface area contributed by atoms with Crippen molar-refractivity contribution in [3.8, 4) is 0 Å². The molecule has 0 bridgehead atoms. The van der Waals surface area contributed by atoms with Crippen LogP contribution in [-0.2, 0) is 0 Å². The molecule has 1 spiro atoms. The quantitative estimate of drug-likeness (QED) is 0.703. The molecule has 0 heterocycles. The van der Waals surface area contributed by atoms with Crippen molar-refractivity contribution < 1.29 is 0 Å². The van der Waals surface area contributed by atoms with E-state index >= 15 is 0 Å². The molecule has 1 aromatic rings. The maximum absolute atomic E-state index is 3.77. The molecular weight excluding hydrogens is 254 g/mol. The Balaban J connectivity index is 1.53. The number of anilines is 1. The third-order valence-electron chi connectivity index (χ3n) is 6.17. The molecule has 0 saturated heterocycles. The average Bonchev–Trinajstić information content (AvgIpc) is 2.98. The fourth-order valence-corrected chi connectivity index (χ4v) is 4.38. The van der Waals surface area contributed by atoms with Gasteiger partial charge in [0.1, 0.15) is 0 Å². The van der Waals surface area contributed by atoms with Crippen molar-refractivity contribution in [3.63, 3.8) is 0 Å². The van der Waals surface area contributed by atoms with Gasteiger partial charge in [0, 0.05) is 11.7 Å². The van der Waals surface area contributed by atoms with Crippen LogP contribution >= 0.6 is 0 Å². The molecule has 1 unspecified atom stereocenters. The summed E-state index contributed by atoms with van der Waals surface area (Å²) < 4.78 is 0. The molecule has 1 aromatic carbocycles.